The maximum absolute atomic E-state index is 13.1. The number of esters is 1. The number of benzene rings is 2. The predicted octanol–water partition coefficient (Wildman–Crippen LogP) is 2.90. The van der Waals surface area contributed by atoms with Crippen LogP contribution in [0.4, 0.5) is 5.69 Å². The minimum atomic E-state index is -3.75. The molecule has 0 saturated carbocycles. The molecule has 1 aliphatic heterocycles. The number of carbonyl (C=O) groups excluding carboxylic acids is 2. The first kappa shape index (κ1) is 21.8. The fourth-order valence-corrected chi connectivity index (χ4v) is 4.85. The number of nitrogens with zero attached hydrogens (tertiary/aromatic N) is 1. The highest BCUT2D eigenvalue weighted by Crippen LogP contribution is 2.31. The van der Waals surface area contributed by atoms with E-state index in [1.54, 1.807) is 6.07 Å². The lowest BCUT2D eigenvalue weighted by Gasteiger charge is -2.30. The van der Waals surface area contributed by atoms with E-state index in [9.17, 15) is 18.0 Å². The molecule has 8 heteroatoms. The molecule has 0 spiro atoms. The summed E-state index contributed by atoms with van der Waals surface area (Å²) >= 11 is 0. The summed E-state index contributed by atoms with van der Waals surface area (Å²) in [5, 5.41) is 2.70. The van der Waals surface area contributed by atoms with Gasteiger partial charge in [-0.25, -0.2) is 13.2 Å². The van der Waals surface area contributed by atoms with Gasteiger partial charge in [-0.05, 0) is 69.5 Å². The average molecular weight is 431 g/mol. The first-order chi connectivity index (χ1) is 14.1. The zero-order chi connectivity index (χ0) is 21.9. The number of fused-ring (bicyclic) bond motifs is 1. The summed E-state index contributed by atoms with van der Waals surface area (Å²) in [4.78, 5) is 24.1. The third kappa shape index (κ3) is 4.99. The van der Waals surface area contributed by atoms with E-state index < -0.39 is 34.0 Å². The molecule has 0 unspecified atom stereocenters. The summed E-state index contributed by atoms with van der Waals surface area (Å²) in [7, 11) is -3.75. The Balaban J connectivity index is 1.71. The van der Waals surface area contributed by atoms with E-state index in [1.165, 1.54) is 28.6 Å². The quantitative estimate of drug-likeness (QED) is 0.737. The van der Waals surface area contributed by atoms with Gasteiger partial charge in [-0.15, -0.1) is 0 Å². The molecule has 0 radical (unpaired) electrons. The lowest BCUT2D eigenvalue weighted by Crippen LogP contribution is -2.42. The van der Waals surface area contributed by atoms with Gasteiger partial charge in [0, 0.05) is 12.1 Å². The molecule has 2 aromatic rings. The molecule has 160 valence electrons. The van der Waals surface area contributed by atoms with Crippen LogP contribution < -0.4 is 9.62 Å². The number of hydrogen-bond donors (Lipinski definition) is 1. The Hall–Kier alpha value is -2.87. The smallest absolute Gasteiger partial charge is 0.338 e. The van der Waals surface area contributed by atoms with Crippen LogP contribution in [-0.4, -0.2) is 39.0 Å². The summed E-state index contributed by atoms with van der Waals surface area (Å²) < 4.78 is 32.7. The Morgan fingerprint density at radius 3 is 2.40 bits per heavy atom. The summed E-state index contributed by atoms with van der Waals surface area (Å²) in [6, 6.07) is 13.0. The van der Waals surface area contributed by atoms with Gasteiger partial charge in [0.2, 0.25) is 0 Å². The van der Waals surface area contributed by atoms with Gasteiger partial charge in [0.05, 0.1) is 16.1 Å². The number of anilines is 1. The second kappa shape index (κ2) is 8.47. The van der Waals surface area contributed by atoms with E-state index in [1.807, 2.05) is 39.0 Å². The third-order valence-electron chi connectivity index (χ3n) is 4.59. The molecule has 1 heterocycles. The lowest BCUT2D eigenvalue weighted by molar-refractivity contribution is -0.125. The van der Waals surface area contributed by atoms with Crippen LogP contribution in [0.2, 0.25) is 0 Å². The van der Waals surface area contributed by atoms with Gasteiger partial charge in [0.25, 0.3) is 15.9 Å². The second-order valence-electron chi connectivity index (χ2n) is 8.21. The Bertz CT molecular complexity index is 1040. The minimum absolute atomic E-state index is 0.0984. The molecule has 0 aliphatic carbocycles. The maximum Gasteiger partial charge on any atom is 0.338 e. The fraction of sp³-hybridized carbons (Fsp3) is 0.364. The van der Waals surface area contributed by atoms with Crippen LogP contribution in [0.15, 0.2) is 53.4 Å². The molecule has 2 aromatic carbocycles. The molecule has 30 heavy (non-hydrogen) atoms. The van der Waals surface area contributed by atoms with Crippen LogP contribution in [0.1, 0.15) is 43.1 Å². The first-order valence-electron chi connectivity index (χ1n) is 9.77. The van der Waals surface area contributed by atoms with Crippen LogP contribution in [0.5, 0.6) is 0 Å². The molecule has 0 saturated heterocycles. The highest BCUT2D eigenvalue weighted by Gasteiger charge is 2.29. The summed E-state index contributed by atoms with van der Waals surface area (Å²) in [5.74, 6) is -1.09. The van der Waals surface area contributed by atoms with E-state index in [0.717, 1.165) is 18.4 Å². The molecule has 0 aromatic heterocycles. The summed E-state index contributed by atoms with van der Waals surface area (Å²) in [6.07, 6.45) is 1.59. The average Bonchev–Trinajstić information content (AvgIpc) is 2.70. The van der Waals surface area contributed by atoms with E-state index in [-0.39, 0.29) is 10.5 Å². The van der Waals surface area contributed by atoms with Crippen molar-refractivity contribution in [3.63, 3.8) is 0 Å². The Morgan fingerprint density at radius 1 is 1.07 bits per heavy atom. The van der Waals surface area contributed by atoms with Gasteiger partial charge in [0.15, 0.2) is 6.61 Å². The van der Waals surface area contributed by atoms with Gasteiger partial charge in [-0.3, -0.25) is 9.10 Å². The normalized spacial score (nSPS) is 14.0. The van der Waals surface area contributed by atoms with Crippen LogP contribution >= 0.6 is 0 Å². The van der Waals surface area contributed by atoms with Crippen molar-refractivity contribution in [2.45, 2.75) is 44.0 Å². The van der Waals surface area contributed by atoms with Crippen molar-refractivity contribution < 1.29 is 22.7 Å². The number of ether oxygens (including phenoxy) is 1. The number of carbonyl (C=O) groups is 2. The van der Waals surface area contributed by atoms with Crippen LogP contribution in [0.3, 0.4) is 0 Å². The Kier molecular flexibility index (Phi) is 6.17. The van der Waals surface area contributed by atoms with Crippen molar-refractivity contribution in [3.8, 4) is 0 Å². The Morgan fingerprint density at radius 2 is 1.73 bits per heavy atom. The van der Waals surface area contributed by atoms with Crippen molar-refractivity contribution in [1.29, 1.82) is 0 Å². The topological polar surface area (TPSA) is 92.8 Å². The standard InChI is InChI=1S/C22H26N2O5S/c1-22(2,3)23-20(25)15-29-21(26)17-10-12-18(13-11-17)30(27,28)24-14-6-8-16-7-4-5-9-19(16)24/h4-5,7,9-13H,6,8,14-15H2,1-3H3,(H,23,25). The third-order valence-corrected chi connectivity index (χ3v) is 6.42. The Labute approximate surface area is 177 Å². The summed E-state index contributed by atoms with van der Waals surface area (Å²) in [5.41, 5.74) is 1.45. The number of para-hydroxylation sites is 1. The lowest BCUT2D eigenvalue weighted by atomic mass is 10.0. The van der Waals surface area contributed by atoms with E-state index in [2.05, 4.69) is 5.32 Å². The summed E-state index contributed by atoms with van der Waals surface area (Å²) in [6.45, 7) is 5.48. The van der Waals surface area contributed by atoms with Gasteiger partial charge in [0.1, 0.15) is 0 Å². The zero-order valence-electron chi connectivity index (χ0n) is 17.3. The van der Waals surface area contributed by atoms with E-state index in [0.29, 0.717) is 12.2 Å². The number of aryl methyl sites for hydroxylation is 1. The molecule has 0 fully saturated rings. The highest BCUT2D eigenvalue weighted by molar-refractivity contribution is 7.92. The number of rotatable bonds is 5. The van der Waals surface area contributed by atoms with Crippen molar-refractivity contribution in [1.82, 2.24) is 5.32 Å². The van der Waals surface area contributed by atoms with Gasteiger partial charge < -0.3 is 10.1 Å². The molecule has 7 nitrogen and oxygen atoms in total. The number of hydrogen-bond acceptors (Lipinski definition) is 5. The molecule has 3 rings (SSSR count). The molecular weight excluding hydrogens is 404 g/mol. The molecule has 1 amide bonds. The second-order valence-corrected chi connectivity index (χ2v) is 10.1. The molecule has 0 bridgehead atoms. The van der Waals surface area contributed by atoms with Crippen LogP contribution in [0.25, 0.3) is 0 Å². The number of sulfonamides is 1. The fourth-order valence-electron chi connectivity index (χ4n) is 3.31. The molecule has 0 atom stereocenters. The number of amides is 1. The van der Waals surface area contributed by atoms with Gasteiger partial charge >= 0.3 is 5.97 Å². The minimum Gasteiger partial charge on any atom is -0.452 e. The molecule has 1 N–H and O–H groups in total. The molecule has 1 aliphatic rings. The van der Waals surface area contributed by atoms with Crippen molar-refractivity contribution in [2.75, 3.05) is 17.5 Å². The zero-order valence-corrected chi connectivity index (χ0v) is 18.2. The van der Waals surface area contributed by atoms with Crippen LogP contribution in [0, 0.1) is 0 Å². The SMILES string of the molecule is CC(C)(C)NC(=O)COC(=O)c1ccc(S(=O)(=O)N2CCCc3ccccc32)cc1. The monoisotopic (exact) mass is 430 g/mol. The van der Waals surface area contributed by atoms with Crippen molar-refractivity contribution >= 4 is 27.6 Å². The largest absolute Gasteiger partial charge is 0.452 e. The van der Waals surface area contributed by atoms with Crippen molar-refractivity contribution in [3.05, 3.63) is 59.7 Å². The number of nitrogens with one attached hydrogen (secondary N) is 1. The first-order valence-corrected chi connectivity index (χ1v) is 11.2. The predicted molar refractivity (Wildman–Crippen MR) is 114 cm³/mol. The maximum atomic E-state index is 13.1. The van der Waals surface area contributed by atoms with E-state index >= 15 is 0 Å². The van der Waals surface area contributed by atoms with Crippen molar-refractivity contribution in [2.24, 2.45) is 0 Å². The highest BCUT2D eigenvalue weighted by atomic mass is 32.2. The van der Waals surface area contributed by atoms with Gasteiger partial charge in [-0.1, -0.05) is 18.2 Å². The van der Waals surface area contributed by atoms with E-state index in [4.69, 9.17) is 4.74 Å². The van der Waals surface area contributed by atoms with Crippen LogP contribution in [-0.2, 0) is 26.0 Å². The molecular formula is C22H26N2O5S. The van der Waals surface area contributed by atoms with Gasteiger partial charge in [-0.2, -0.15) is 0 Å².